The Morgan fingerprint density at radius 3 is 2.47 bits per heavy atom. The van der Waals surface area contributed by atoms with Crippen molar-refractivity contribution >= 4 is 21.6 Å². The zero-order chi connectivity index (χ0) is 12.7. The van der Waals surface area contributed by atoms with Crippen molar-refractivity contribution < 1.29 is 9.47 Å². The maximum absolute atomic E-state index is 5.48. The average Bonchev–Trinajstić information content (AvgIpc) is 2.30. The Labute approximate surface area is 112 Å². The van der Waals surface area contributed by atoms with E-state index in [-0.39, 0.29) is 6.29 Å². The molecule has 96 valence electrons. The molecule has 0 aliphatic carbocycles. The molecule has 4 heteroatoms. The molecule has 0 fully saturated rings. The van der Waals surface area contributed by atoms with Crippen molar-refractivity contribution in [3.63, 3.8) is 0 Å². The van der Waals surface area contributed by atoms with E-state index in [2.05, 4.69) is 40.3 Å². The number of anilines is 1. The summed E-state index contributed by atoms with van der Waals surface area (Å²) in [4.78, 5) is 0. The van der Waals surface area contributed by atoms with Gasteiger partial charge in [-0.05, 0) is 38.5 Å². The number of halogens is 1. The van der Waals surface area contributed by atoms with Gasteiger partial charge in [0.05, 0.1) is 6.54 Å². The molecule has 1 aromatic carbocycles. The normalized spacial score (nSPS) is 10.9. The lowest BCUT2D eigenvalue weighted by molar-refractivity contribution is -0.126. The highest BCUT2D eigenvalue weighted by Gasteiger charge is 2.08. The van der Waals surface area contributed by atoms with E-state index in [4.69, 9.17) is 9.47 Å². The Morgan fingerprint density at radius 2 is 1.88 bits per heavy atom. The lowest BCUT2D eigenvalue weighted by Crippen LogP contribution is -2.26. The van der Waals surface area contributed by atoms with Gasteiger partial charge in [-0.1, -0.05) is 22.0 Å². The highest BCUT2D eigenvalue weighted by Crippen LogP contribution is 2.20. The van der Waals surface area contributed by atoms with Crippen LogP contribution in [-0.2, 0) is 9.47 Å². The standard InChI is InChI=1S/C13H20BrNO2/c1-4-16-13(17-5-2)9-15-12-8-11(14)7-6-10(12)3/h6-8,13,15H,4-5,9H2,1-3H3. The molecule has 0 atom stereocenters. The third-order valence-corrected chi connectivity index (χ3v) is 2.86. The first-order valence-electron chi connectivity index (χ1n) is 5.90. The van der Waals surface area contributed by atoms with Crippen LogP contribution in [0.5, 0.6) is 0 Å². The van der Waals surface area contributed by atoms with E-state index in [9.17, 15) is 0 Å². The van der Waals surface area contributed by atoms with Crippen molar-refractivity contribution in [2.75, 3.05) is 25.1 Å². The molecule has 0 aromatic heterocycles. The molecular formula is C13H20BrNO2. The largest absolute Gasteiger partial charge is 0.380 e. The van der Waals surface area contributed by atoms with Crippen LogP contribution >= 0.6 is 15.9 Å². The monoisotopic (exact) mass is 301 g/mol. The summed E-state index contributed by atoms with van der Waals surface area (Å²) >= 11 is 3.46. The molecule has 0 spiro atoms. The van der Waals surface area contributed by atoms with Crippen LogP contribution < -0.4 is 5.32 Å². The van der Waals surface area contributed by atoms with Crippen LogP contribution in [0.2, 0.25) is 0 Å². The van der Waals surface area contributed by atoms with E-state index in [1.165, 1.54) is 5.56 Å². The van der Waals surface area contributed by atoms with Gasteiger partial charge in [-0.3, -0.25) is 0 Å². The van der Waals surface area contributed by atoms with E-state index in [0.29, 0.717) is 19.8 Å². The van der Waals surface area contributed by atoms with Gasteiger partial charge in [-0.2, -0.15) is 0 Å². The number of nitrogens with one attached hydrogen (secondary N) is 1. The lowest BCUT2D eigenvalue weighted by atomic mass is 10.2. The van der Waals surface area contributed by atoms with Crippen LogP contribution in [0.3, 0.4) is 0 Å². The molecule has 0 heterocycles. The quantitative estimate of drug-likeness (QED) is 0.781. The van der Waals surface area contributed by atoms with Gasteiger partial charge in [-0.25, -0.2) is 0 Å². The highest BCUT2D eigenvalue weighted by atomic mass is 79.9. The first-order valence-corrected chi connectivity index (χ1v) is 6.69. The maximum atomic E-state index is 5.48. The molecule has 0 aliphatic heterocycles. The molecule has 1 rings (SSSR count). The zero-order valence-corrected chi connectivity index (χ0v) is 12.2. The summed E-state index contributed by atoms with van der Waals surface area (Å²) in [6, 6.07) is 6.16. The number of aryl methyl sites for hydroxylation is 1. The van der Waals surface area contributed by atoms with E-state index in [0.717, 1.165) is 10.2 Å². The van der Waals surface area contributed by atoms with Gasteiger partial charge in [0.2, 0.25) is 0 Å². The summed E-state index contributed by atoms with van der Waals surface area (Å²) in [7, 11) is 0. The Hall–Kier alpha value is -0.580. The average molecular weight is 302 g/mol. The SMILES string of the molecule is CCOC(CNc1cc(Br)ccc1C)OCC. The Bertz CT molecular complexity index is 338. The number of hydrogen-bond donors (Lipinski definition) is 1. The van der Waals surface area contributed by atoms with Crippen LogP contribution in [-0.4, -0.2) is 26.0 Å². The molecule has 0 bridgehead atoms. The molecule has 1 N–H and O–H groups in total. The fourth-order valence-corrected chi connectivity index (χ4v) is 1.88. The second-order valence-corrected chi connectivity index (χ2v) is 4.60. The minimum atomic E-state index is -0.191. The molecule has 0 amide bonds. The van der Waals surface area contributed by atoms with Crippen molar-refractivity contribution in [2.45, 2.75) is 27.1 Å². The van der Waals surface area contributed by atoms with E-state index in [1.807, 2.05) is 19.9 Å². The Kier molecular flexibility index (Phi) is 6.55. The number of rotatable bonds is 7. The van der Waals surface area contributed by atoms with Crippen molar-refractivity contribution in [1.82, 2.24) is 0 Å². The highest BCUT2D eigenvalue weighted by molar-refractivity contribution is 9.10. The minimum absolute atomic E-state index is 0.191. The predicted octanol–water partition coefficient (Wildman–Crippen LogP) is 3.57. The summed E-state index contributed by atoms with van der Waals surface area (Å²) in [6.45, 7) is 7.98. The van der Waals surface area contributed by atoms with E-state index in [1.54, 1.807) is 0 Å². The number of hydrogen-bond acceptors (Lipinski definition) is 3. The van der Waals surface area contributed by atoms with Crippen LogP contribution in [0, 0.1) is 6.92 Å². The van der Waals surface area contributed by atoms with Gasteiger partial charge in [0, 0.05) is 23.4 Å². The molecule has 0 saturated heterocycles. The summed E-state index contributed by atoms with van der Waals surface area (Å²) in [6.07, 6.45) is -0.191. The first kappa shape index (κ1) is 14.5. The molecule has 1 aromatic rings. The summed E-state index contributed by atoms with van der Waals surface area (Å²) in [5.74, 6) is 0. The molecule has 0 saturated carbocycles. The second kappa shape index (κ2) is 7.69. The van der Waals surface area contributed by atoms with Crippen LogP contribution in [0.25, 0.3) is 0 Å². The summed E-state index contributed by atoms with van der Waals surface area (Å²) in [5.41, 5.74) is 2.31. The Balaban J connectivity index is 2.55. The summed E-state index contributed by atoms with van der Waals surface area (Å²) < 4.78 is 12.0. The van der Waals surface area contributed by atoms with Crippen LogP contribution in [0.1, 0.15) is 19.4 Å². The van der Waals surface area contributed by atoms with Gasteiger partial charge in [0.15, 0.2) is 6.29 Å². The van der Waals surface area contributed by atoms with Gasteiger partial charge < -0.3 is 14.8 Å². The Morgan fingerprint density at radius 1 is 1.24 bits per heavy atom. The number of benzene rings is 1. The van der Waals surface area contributed by atoms with Crippen LogP contribution in [0.15, 0.2) is 22.7 Å². The lowest BCUT2D eigenvalue weighted by Gasteiger charge is -2.19. The smallest absolute Gasteiger partial charge is 0.174 e. The molecule has 3 nitrogen and oxygen atoms in total. The topological polar surface area (TPSA) is 30.5 Å². The molecule has 17 heavy (non-hydrogen) atoms. The third kappa shape index (κ3) is 5.06. The maximum Gasteiger partial charge on any atom is 0.174 e. The van der Waals surface area contributed by atoms with Gasteiger partial charge in [-0.15, -0.1) is 0 Å². The van der Waals surface area contributed by atoms with E-state index >= 15 is 0 Å². The first-order chi connectivity index (χ1) is 8.17. The van der Waals surface area contributed by atoms with Gasteiger partial charge >= 0.3 is 0 Å². The van der Waals surface area contributed by atoms with Crippen molar-refractivity contribution in [3.8, 4) is 0 Å². The third-order valence-electron chi connectivity index (χ3n) is 2.36. The fraction of sp³-hybridized carbons (Fsp3) is 0.538. The molecule has 0 aliphatic rings. The minimum Gasteiger partial charge on any atom is -0.380 e. The second-order valence-electron chi connectivity index (χ2n) is 3.68. The fourth-order valence-electron chi connectivity index (χ4n) is 1.52. The van der Waals surface area contributed by atoms with E-state index < -0.39 is 0 Å². The van der Waals surface area contributed by atoms with Gasteiger partial charge in [0.1, 0.15) is 0 Å². The predicted molar refractivity (Wildman–Crippen MR) is 74.4 cm³/mol. The van der Waals surface area contributed by atoms with Crippen LogP contribution in [0.4, 0.5) is 5.69 Å². The van der Waals surface area contributed by atoms with Crippen molar-refractivity contribution in [2.24, 2.45) is 0 Å². The zero-order valence-electron chi connectivity index (χ0n) is 10.6. The number of ether oxygens (including phenoxy) is 2. The molecule has 0 unspecified atom stereocenters. The molecule has 0 radical (unpaired) electrons. The molecular weight excluding hydrogens is 282 g/mol. The summed E-state index contributed by atoms with van der Waals surface area (Å²) in [5, 5.41) is 3.34. The van der Waals surface area contributed by atoms with Crippen molar-refractivity contribution in [1.29, 1.82) is 0 Å². The van der Waals surface area contributed by atoms with Crippen molar-refractivity contribution in [3.05, 3.63) is 28.2 Å². The van der Waals surface area contributed by atoms with Gasteiger partial charge in [0.25, 0.3) is 0 Å².